The van der Waals surface area contributed by atoms with E-state index in [2.05, 4.69) is 35.5 Å². The minimum absolute atomic E-state index is 0.0987. The number of benzene rings is 1. The fourth-order valence-corrected chi connectivity index (χ4v) is 3.56. The van der Waals surface area contributed by atoms with Crippen LogP contribution in [0, 0.1) is 0 Å². The van der Waals surface area contributed by atoms with E-state index in [9.17, 15) is 5.11 Å². The molecule has 0 saturated heterocycles. The highest BCUT2D eigenvalue weighted by atomic mass is 16.3. The third-order valence-corrected chi connectivity index (χ3v) is 4.74. The van der Waals surface area contributed by atoms with Crippen molar-refractivity contribution in [1.29, 1.82) is 0 Å². The molecule has 1 heterocycles. The highest BCUT2D eigenvalue weighted by Gasteiger charge is 2.19. The Morgan fingerprint density at radius 3 is 3.05 bits per heavy atom. The summed E-state index contributed by atoms with van der Waals surface area (Å²) >= 11 is 0. The number of anilines is 1. The zero-order valence-corrected chi connectivity index (χ0v) is 12.4. The molecule has 2 aliphatic rings. The van der Waals surface area contributed by atoms with Crippen LogP contribution in [-0.2, 0) is 13.0 Å². The molecule has 0 bridgehead atoms. The molecule has 1 aliphatic heterocycles. The molecule has 3 rings (SSSR count). The molecular weight excluding hydrogens is 248 g/mol. The van der Waals surface area contributed by atoms with Gasteiger partial charge in [0.25, 0.3) is 0 Å². The summed E-state index contributed by atoms with van der Waals surface area (Å²) in [5.74, 6) is 0. The number of aliphatic hydroxyl groups is 1. The van der Waals surface area contributed by atoms with Crippen LogP contribution < -0.4 is 10.2 Å². The number of hydrogen-bond donors (Lipinski definition) is 2. The maximum absolute atomic E-state index is 9.72. The van der Waals surface area contributed by atoms with E-state index < -0.39 is 0 Å². The van der Waals surface area contributed by atoms with Gasteiger partial charge in [-0.15, -0.1) is 0 Å². The summed E-state index contributed by atoms with van der Waals surface area (Å²) in [6.07, 6.45) is 6.60. The highest BCUT2D eigenvalue weighted by Crippen LogP contribution is 2.27. The quantitative estimate of drug-likeness (QED) is 0.889. The van der Waals surface area contributed by atoms with E-state index >= 15 is 0 Å². The van der Waals surface area contributed by atoms with Crippen LogP contribution in [0.15, 0.2) is 18.2 Å². The van der Waals surface area contributed by atoms with Crippen molar-refractivity contribution in [2.45, 2.75) is 57.2 Å². The molecule has 3 heteroatoms. The SMILES string of the molecule is CN1CCCc2cc(CNC3CCCC(O)C3)ccc21. The number of fused-ring (bicyclic) bond motifs is 1. The zero-order valence-electron chi connectivity index (χ0n) is 12.4. The third kappa shape index (κ3) is 3.15. The first kappa shape index (κ1) is 13.9. The smallest absolute Gasteiger partial charge is 0.0555 e. The van der Waals surface area contributed by atoms with Gasteiger partial charge in [0.1, 0.15) is 0 Å². The molecule has 1 saturated carbocycles. The summed E-state index contributed by atoms with van der Waals surface area (Å²) in [6.45, 7) is 2.10. The summed E-state index contributed by atoms with van der Waals surface area (Å²) < 4.78 is 0. The van der Waals surface area contributed by atoms with Gasteiger partial charge in [0.2, 0.25) is 0 Å². The van der Waals surface area contributed by atoms with E-state index in [4.69, 9.17) is 0 Å². The van der Waals surface area contributed by atoms with Crippen molar-refractivity contribution >= 4 is 5.69 Å². The molecule has 2 N–H and O–H groups in total. The number of aliphatic hydroxyl groups excluding tert-OH is 1. The second kappa shape index (κ2) is 6.15. The van der Waals surface area contributed by atoms with E-state index in [0.29, 0.717) is 6.04 Å². The van der Waals surface area contributed by atoms with Gasteiger partial charge >= 0.3 is 0 Å². The molecule has 20 heavy (non-hydrogen) atoms. The highest BCUT2D eigenvalue weighted by molar-refractivity contribution is 5.56. The monoisotopic (exact) mass is 274 g/mol. The van der Waals surface area contributed by atoms with Gasteiger partial charge in [-0.25, -0.2) is 0 Å². The Kier molecular flexibility index (Phi) is 4.27. The molecule has 0 radical (unpaired) electrons. The third-order valence-electron chi connectivity index (χ3n) is 4.74. The first-order valence-corrected chi connectivity index (χ1v) is 7.97. The van der Waals surface area contributed by atoms with Crippen molar-refractivity contribution in [2.75, 3.05) is 18.5 Å². The molecule has 1 aromatic rings. The van der Waals surface area contributed by atoms with Crippen LogP contribution in [-0.4, -0.2) is 30.8 Å². The predicted octanol–water partition coefficient (Wildman–Crippen LogP) is 2.46. The Balaban J connectivity index is 1.60. The molecular formula is C17H26N2O. The van der Waals surface area contributed by atoms with Gasteiger partial charge in [-0.1, -0.05) is 12.1 Å². The normalized spacial score (nSPS) is 26.4. The van der Waals surface area contributed by atoms with Crippen LogP contribution in [0.3, 0.4) is 0 Å². The Morgan fingerprint density at radius 1 is 1.30 bits per heavy atom. The standard InChI is InChI=1S/C17H26N2O/c1-19-9-3-4-14-10-13(7-8-17(14)19)12-18-15-5-2-6-16(20)11-15/h7-8,10,15-16,18,20H,2-6,9,11-12H2,1H3. The fourth-order valence-electron chi connectivity index (χ4n) is 3.56. The van der Waals surface area contributed by atoms with Gasteiger partial charge in [-0.3, -0.25) is 0 Å². The molecule has 0 aromatic heterocycles. The lowest BCUT2D eigenvalue weighted by Gasteiger charge is -2.29. The maximum Gasteiger partial charge on any atom is 0.0555 e. The molecule has 1 aromatic carbocycles. The first-order chi connectivity index (χ1) is 9.72. The lowest BCUT2D eigenvalue weighted by molar-refractivity contribution is 0.111. The van der Waals surface area contributed by atoms with Gasteiger partial charge in [-0.05, 0) is 55.7 Å². The number of hydrogen-bond acceptors (Lipinski definition) is 3. The lowest BCUT2D eigenvalue weighted by Crippen LogP contribution is -2.35. The van der Waals surface area contributed by atoms with Crippen molar-refractivity contribution in [3.63, 3.8) is 0 Å². The minimum Gasteiger partial charge on any atom is -0.393 e. The van der Waals surface area contributed by atoms with Gasteiger partial charge < -0.3 is 15.3 Å². The van der Waals surface area contributed by atoms with Crippen LogP contribution >= 0.6 is 0 Å². The average Bonchev–Trinajstić information content (AvgIpc) is 2.45. The molecule has 2 unspecified atom stereocenters. The topological polar surface area (TPSA) is 35.5 Å². The first-order valence-electron chi connectivity index (χ1n) is 7.97. The van der Waals surface area contributed by atoms with E-state index in [1.165, 1.54) is 42.6 Å². The zero-order chi connectivity index (χ0) is 13.9. The Labute approximate surface area is 122 Å². The van der Waals surface area contributed by atoms with E-state index in [1.807, 2.05) is 0 Å². The largest absolute Gasteiger partial charge is 0.393 e. The Bertz CT molecular complexity index is 460. The Hall–Kier alpha value is -1.06. The van der Waals surface area contributed by atoms with Gasteiger partial charge in [0.05, 0.1) is 6.10 Å². The van der Waals surface area contributed by atoms with Crippen molar-refractivity contribution < 1.29 is 5.11 Å². The second-order valence-corrected chi connectivity index (χ2v) is 6.39. The van der Waals surface area contributed by atoms with E-state index in [-0.39, 0.29) is 6.10 Å². The van der Waals surface area contributed by atoms with E-state index in [0.717, 1.165) is 25.8 Å². The number of nitrogens with zero attached hydrogens (tertiary/aromatic N) is 1. The molecule has 110 valence electrons. The molecule has 1 aliphatic carbocycles. The summed E-state index contributed by atoms with van der Waals surface area (Å²) in [5.41, 5.74) is 4.26. The van der Waals surface area contributed by atoms with Crippen LogP contribution in [0.1, 0.15) is 43.2 Å². The molecule has 2 atom stereocenters. The van der Waals surface area contributed by atoms with Crippen molar-refractivity contribution in [3.05, 3.63) is 29.3 Å². The van der Waals surface area contributed by atoms with Crippen LogP contribution in [0.5, 0.6) is 0 Å². The van der Waals surface area contributed by atoms with Gasteiger partial charge in [0.15, 0.2) is 0 Å². The van der Waals surface area contributed by atoms with E-state index in [1.54, 1.807) is 0 Å². The van der Waals surface area contributed by atoms with Crippen LogP contribution in [0.4, 0.5) is 5.69 Å². The molecule has 0 spiro atoms. The molecule has 3 nitrogen and oxygen atoms in total. The number of aryl methyl sites for hydroxylation is 1. The number of rotatable bonds is 3. The lowest BCUT2D eigenvalue weighted by atomic mass is 9.92. The van der Waals surface area contributed by atoms with Gasteiger partial charge in [-0.2, -0.15) is 0 Å². The van der Waals surface area contributed by atoms with Crippen molar-refractivity contribution in [2.24, 2.45) is 0 Å². The fraction of sp³-hybridized carbons (Fsp3) is 0.647. The van der Waals surface area contributed by atoms with Gasteiger partial charge in [0, 0.05) is 31.9 Å². The van der Waals surface area contributed by atoms with Crippen molar-refractivity contribution in [3.8, 4) is 0 Å². The summed E-state index contributed by atoms with van der Waals surface area (Å²) in [7, 11) is 2.18. The minimum atomic E-state index is -0.0987. The second-order valence-electron chi connectivity index (χ2n) is 6.39. The van der Waals surface area contributed by atoms with Crippen LogP contribution in [0.2, 0.25) is 0 Å². The predicted molar refractivity (Wildman–Crippen MR) is 83.1 cm³/mol. The molecule has 1 fully saturated rings. The average molecular weight is 274 g/mol. The maximum atomic E-state index is 9.72. The molecule has 0 amide bonds. The summed E-state index contributed by atoms with van der Waals surface area (Å²) in [6, 6.07) is 7.35. The summed E-state index contributed by atoms with van der Waals surface area (Å²) in [4.78, 5) is 2.35. The number of nitrogens with one attached hydrogen (secondary N) is 1. The Morgan fingerprint density at radius 2 is 2.20 bits per heavy atom. The van der Waals surface area contributed by atoms with Crippen LogP contribution in [0.25, 0.3) is 0 Å². The van der Waals surface area contributed by atoms with Crippen molar-refractivity contribution in [1.82, 2.24) is 5.32 Å². The summed E-state index contributed by atoms with van der Waals surface area (Å²) in [5, 5.41) is 13.3.